The van der Waals surface area contributed by atoms with Gasteiger partial charge in [0.15, 0.2) is 15.0 Å². The molecule has 1 aromatic heterocycles. The molecular weight excluding hydrogens is 472 g/mol. The maximum absolute atomic E-state index is 13.0. The van der Waals surface area contributed by atoms with Gasteiger partial charge in [-0.2, -0.15) is 0 Å². The van der Waals surface area contributed by atoms with E-state index in [0.29, 0.717) is 36.6 Å². The second-order valence-corrected chi connectivity index (χ2v) is 10.9. The molecule has 2 heterocycles. The minimum absolute atomic E-state index is 0.364. The topological polar surface area (TPSA) is 59.5 Å². The molecule has 4 rings (SSSR count). The molecule has 8 heteroatoms. The maximum atomic E-state index is 13.0. The summed E-state index contributed by atoms with van der Waals surface area (Å²) in [4.78, 5) is 7.32. The Kier molecular flexibility index (Phi) is 5.94. The fourth-order valence-electron chi connectivity index (χ4n) is 3.51. The largest absolute Gasteiger partial charge is 0.497 e. The number of benzene rings is 2. The number of thiazole rings is 1. The number of methoxy groups -OCH3 is 1. The van der Waals surface area contributed by atoms with E-state index < -0.39 is 9.84 Å². The van der Waals surface area contributed by atoms with E-state index in [-0.39, 0.29) is 5.25 Å². The van der Waals surface area contributed by atoms with Crippen molar-refractivity contribution < 1.29 is 13.2 Å². The van der Waals surface area contributed by atoms with Crippen molar-refractivity contribution in [3.8, 4) is 17.0 Å². The van der Waals surface area contributed by atoms with E-state index >= 15 is 0 Å². The molecule has 2 aromatic carbocycles. The molecule has 0 spiro atoms. The smallest absolute Gasteiger partial charge is 0.185 e. The normalized spacial score (nSPS) is 15.4. The van der Waals surface area contributed by atoms with Crippen molar-refractivity contribution in [3.63, 3.8) is 0 Å². The van der Waals surface area contributed by atoms with Gasteiger partial charge in [-0.15, -0.1) is 11.3 Å². The highest BCUT2D eigenvalue weighted by molar-refractivity contribution is 9.10. The highest BCUT2D eigenvalue weighted by atomic mass is 79.9. The zero-order valence-electron chi connectivity index (χ0n) is 15.9. The Morgan fingerprint density at radius 3 is 2.52 bits per heavy atom. The third kappa shape index (κ3) is 4.34. The number of rotatable bonds is 5. The lowest BCUT2D eigenvalue weighted by atomic mass is 10.1. The van der Waals surface area contributed by atoms with Crippen molar-refractivity contribution in [3.05, 3.63) is 58.4 Å². The zero-order chi connectivity index (χ0) is 20.4. The minimum atomic E-state index is -3.34. The fraction of sp³-hybridized carbons (Fsp3) is 0.286. The Bertz CT molecular complexity index is 1090. The molecule has 0 unspecified atom stereocenters. The summed E-state index contributed by atoms with van der Waals surface area (Å²) >= 11 is 5.10. The van der Waals surface area contributed by atoms with Crippen LogP contribution in [0.5, 0.6) is 5.75 Å². The van der Waals surface area contributed by atoms with Crippen LogP contribution in [0.15, 0.2) is 63.3 Å². The van der Waals surface area contributed by atoms with Crippen LogP contribution in [-0.4, -0.2) is 38.9 Å². The Morgan fingerprint density at radius 1 is 1.14 bits per heavy atom. The van der Waals surface area contributed by atoms with Crippen LogP contribution in [0.4, 0.5) is 5.13 Å². The molecule has 152 valence electrons. The lowest BCUT2D eigenvalue weighted by Gasteiger charge is -2.31. The van der Waals surface area contributed by atoms with Gasteiger partial charge in [-0.3, -0.25) is 0 Å². The third-order valence-electron chi connectivity index (χ3n) is 5.15. The number of aromatic nitrogens is 1. The highest BCUT2D eigenvalue weighted by Crippen LogP contribution is 2.32. The third-order valence-corrected chi connectivity index (χ3v) is 8.82. The lowest BCUT2D eigenvalue weighted by molar-refractivity contribution is 0.414. The van der Waals surface area contributed by atoms with Crippen molar-refractivity contribution in [1.82, 2.24) is 4.98 Å². The Hall–Kier alpha value is -1.90. The summed E-state index contributed by atoms with van der Waals surface area (Å²) in [6.07, 6.45) is 1.19. The molecule has 0 amide bonds. The predicted octanol–water partition coefficient (Wildman–Crippen LogP) is 5.02. The number of nitrogens with zero attached hydrogens (tertiary/aromatic N) is 2. The van der Waals surface area contributed by atoms with Crippen molar-refractivity contribution in [2.45, 2.75) is 23.0 Å². The van der Waals surface area contributed by atoms with Crippen LogP contribution in [0.1, 0.15) is 12.8 Å². The van der Waals surface area contributed by atoms with Crippen LogP contribution in [0.2, 0.25) is 0 Å². The van der Waals surface area contributed by atoms with Gasteiger partial charge < -0.3 is 9.64 Å². The van der Waals surface area contributed by atoms with E-state index in [0.717, 1.165) is 20.9 Å². The first-order chi connectivity index (χ1) is 14.0. The van der Waals surface area contributed by atoms with Crippen LogP contribution >= 0.6 is 27.3 Å². The summed E-state index contributed by atoms with van der Waals surface area (Å²) < 4.78 is 32.1. The van der Waals surface area contributed by atoms with Crippen molar-refractivity contribution in [1.29, 1.82) is 0 Å². The van der Waals surface area contributed by atoms with E-state index in [1.165, 1.54) is 0 Å². The first kappa shape index (κ1) is 20.4. The Balaban J connectivity index is 1.44. The quantitative estimate of drug-likeness (QED) is 0.500. The van der Waals surface area contributed by atoms with Crippen LogP contribution < -0.4 is 9.64 Å². The van der Waals surface area contributed by atoms with E-state index in [1.807, 2.05) is 24.3 Å². The molecule has 0 radical (unpaired) electrons. The maximum Gasteiger partial charge on any atom is 0.185 e. The first-order valence-electron chi connectivity index (χ1n) is 9.32. The average Bonchev–Trinajstić information content (AvgIpc) is 3.24. The predicted molar refractivity (Wildman–Crippen MR) is 121 cm³/mol. The van der Waals surface area contributed by atoms with Crippen molar-refractivity contribution in [2.24, 2.45) is 0 Å². The first-order valence-corrected chi connectivity index (χ1v) is 12.5. The zero-order valence-corrected chi connectivity index (χ0v) is 19.1. The number of anilines is 1. The molecule has 0 aliphatic carbocycles. The standard InChI is InChI=1S/C21H21BrN2O3S2/c1-27-17-5-7-18(8-6-17)29(25,26)19-9-11-24(12-10-19)21-23-20(14-28-21)15-3-2-4-16(22)13-15/h2-8,13-14,19H,9-12H2,1H3. The monoisotopic (exact) mass is 492 g/mol. The van der Waals surface area contributed by atoms with Gasteiger partial charge in [0.05, 0.1) is 22.9 Å². The summed E-state index contributed by atoms with van der Waals surface area (Å²) in [6.45, 7) is 1.37. The molecule has 0 bridgehead atoms. The number of hydrogen-bond donors (Lipinski definition) is 0. The van der Waals surface area contributed by atoms with Crippen LogP contribution in [0, 0.1) is 0 Å². The van der Waals surface area contributed by atoms with Gasteiger partial charge in [-0.25, -0.2) is 13.4 Å². The molecule has 29 heavy (non-hydrogen) atoms. The Labute approximate surface area is 183 Å². The van der Waals surface area contributed by atoms with Gasteiger partial charge in [0, 0.05) is 28.5 Å². The highest BCUT2D eigenvalue weighted by Gasteiger charge is 2.32. The summed E-state index contributed by atoms with van der Waals surface area (Å²) in [5, 5.41) is 2.63. The number of ether oxygens (including phenoxy) is 1. The molecule has 0 N–H and O–H groups in total. The van der Waals surface area contributed by atoms with E-state index in [9.17, 15) is 8.42 Å². The number of piperidine rings is 1. The summed E-state index contributed by atoms with van der Waals surface area (Å²) in [7, 11) is -1.77. The summed E-state index contributed by atoms with van der Waals surface area (Å²) in [6, 6.07) is 14.7. The number of sulfone groups is 1. The summed E-state index contributed by atoms with van der Waals surface area (Å²) in [5.74, 6) is 0.656. The lowest BCUT2D eigenvalue weighted by Crippen LogP contribution is -2.39. The minimum Gasteiger partial charge on any atom is -0.497 e. The molecule has 1 aliphatic rings. The fourth-order valence-corrected chi connectivity index (χ4v) is 6.52. The number of hydrogen-bond acceptors (Lipinski definition) is 6. The average molecular weight is 493 g/mol. The van der Waals surface area contributed by atoms with Crippen molar-refractivity contribution in [2.75, 3.05) is 25.1 Å². The van der Waals surface area contributed by atoms with Gasteiger partial charge in [0.2, 0.25) is 0 Å². The molecular formula is C21H21BrN2O3S2. The second-order valence-electron chi connectivity index (χ2n) is 6.93. The van der Waals surface area contributed by atoms with Gasteiger partial charge in [0.1, 0.15) is 5.75 Å². The van der Waals surface area contributed by atoms with Gasteiger partial charge in [-0.1, -0.05) is 28.1 Å². The van der Waals surface area contributed by atoms with Crippen LogP contribution in [-0.2, 0) is 9.84 Å². The van der Waals surface area contributed by atoms with Crippen LogP contribution in [0.25, 0.3) is 11.3 Å². The molecule has 0 saturated carbocycles. The summed E-state index contributed by atoms with van der Waals surface area (Å²) in [5.41, 5.74) is 2.01. The molecule has 1 fully saturated rings. The Morgan fingerprint density at radius 2 is 1.86 bits per heavy atom. The van der Waals surface area contributed by atoms with Gasteiger partial charge >= 0.3 is 0 Å². The van der Waals surface area contributed by atoms with E-state index in [2.05, 4.69) is 26.2 Å². The van der Waals surface area contributed by atoms with Gasteiger partial charge in [-0.05, 0) is 49.2 Å². The van der Waals surface area contributed by atoms with Crippen LogP contribution in [0.3, 0.4) is 0 Å². The second kappa shape index (κ2) is 8.45. The van der Waals surface area contributed by atoms with E-state index in [4.69, 9.17) is 9.72 Å². The van der Waals surface area contributed by atoms with Gasteiger partial charge in [0.25, 0.3) is 0 Å². The molecule has 1 aliphatic heterocycles. The van der Waals surface area contributed by atoms with E-state index in [1.54, 1.807) is 42.7 Å². The van der Waals surface area contributed by atoms with Crippen molar-refractivity contribution >= 4 is 42.2 Å². The number of halogens is 1. The molecule has 0 atom stereocenters. The molecule has 3 aromatic rings. The SMILES string of the molecule is COc1ccc(S(=O)(=O)C2CCN(c3nc(-c4cccc(Br)c4)cs3)CC2)cc1. The molecule has 1 saturated heterocycles. The molecule has 5 nitrogen and oxygen atoms in total.